The van der Waals surface area contributed by atoms with Crippen molar-refractivity contribution in [3.63, 3.8) is 0 Å². The second-order valence-corrected chi connectivity index (χ2v) is 12.3. The van der Waals surface area contributed by atoms with Crippen LogP contribution in [0.5, 0.6) is 0 Å². The molecule has 2 amide bonds. The second-order valence-electron chi connectivity index (χ2n) is 12.3. The van der Waals surface area contributed by atoms with Gasteiger partial charge in [-0.05, 0) is 50.5 Å². The van der Waals surface area contributed by atoms with E-state index < -0.39 is 23.2 Å². The van der Waals surface area contributed by atoms with Crippen LogP contribution in [0.2, 0.25) is 0 Å². The molecule has 1 fully saturated rings. The summed E-state index contributed by atoms with van der Waals surface area (Å²) in [7, 11) is 0. The van der Waals surface area contributed by atoms with Gasteiger partial charge in [0.15, 0.2) is 0 Å². The number of likely N-dealkylation sites (tertiary alicyclic amines) is 1. The number of rotatable bonds is 7. The Hall–Kier alpha value is -5.59. The zero-order valence-electron chi connectivity index (χ0n) is 26.8. The molecule has 0 bridgehead atoms. The van der Waals surface area contributed by atoms with Crippen molar-refractivity contribution < 1.29 is 9.59 Å². The van der Waals surface area contributed by atoms with E-state index >= 15 is 0 Å². The van der Waals surface area contributed by atoms with Gasteiger partial charge < -0.3 is 16.4 Å². The number of fused-ring (bicyclic) bond motifs is 1. The summed E-state index contributed by atoms with van der Waals surface area (Å²) in [5.41, 5.74) is 13.4. The van der Waals surface area contributed by atoms with Crippen LogP contribution in [-0.4, -0.2) is 58.3 Å². The normalized spacial score (nSPS) is 14.0. The van der Waals surface area contributed by atoms with Crippen LogP contribution in [0.15, 0.2) is 70.5 Å². The first-order valence-corrected chi connectivity index (χ1v) is 15.6. The molecule has 1 saturated heterocycles. The third-order valence-electron chi connectivity index (χ3n) is 8.65. The van der Waals surface area contributed by atoms with Gasteiger partial charge in [0.05, 0.1) is 16.9 Å². The van der Waals surface area contributed by atoms with Crippen molar-refractivity contribution in [2.75, 3.05) is 18.8 Å². The molecule has 0 unspecified atom stereocenters. The number of carbonyl (C=O) groups excluding carboxylic acids is 2. The molecule has 0 atom stereocenters. The number of anilines is 1. The predicted molar refractivity (Wildman–Crippen MR) is 178 cm³/mol. The van der Waals surface area contributed by atoms with Crippen LogP contribution < -0.4 is 22.7 Å². The average molecular weight is 636 g/mol. The van der Waals surface area contributed by atoms with Gasteiger partial charge in [-0.3, -0.25) is 23.4 Å². The Labute approximate surface area is 270 Å². The molecule has 0 radical (unpaired) electrons. The van der Waals surface area contributed by atoms with Crippen LogP contribution in [0.1, 0.15) is 68.5 Å². The summed E-state index contributed by atoms with van der Waals surface area (Å²) < 4.78 is 4.06. The molecule has 13 nitrogen and oxygen atoms in total. The van der Waals surface area contributed by atoms with Crippen molar-refractivity contribution in [2.45, 2.75) is 52.5 Å². The number of hydrogen-bond donors (Lipinski definition) is 2. The minimum atomic E-state index is -0.961. The molecule has 5 heterocycles. The average Bonchev–Trinajstić information content (AvgIpc) is 3.45. The highest BCUT2D eigenvalue weighted by Gasteiger charge is 2.30. The summed E-state index contributed by atoms with van der Waals surface area (Å²) in [6.45, 7) is 8.71. The Bertz CT molecular complexity index is 2100. The highest BCUT2D eigenvalue weighted by atomic mass is 16.2. The molecule has 0 saturated carbocycles. The van der Waals surface area contributed by atoms with Gasteiger partial charge in [0, 0.05) is 48.9 Å². The summed E-state index contributed by atoms with van der Waals surface area (Å²) in [6.07, 6.45) is 4.67. The molecular weight excluding hydrogens is 598 g/mol. The van der Waals surface area contributed by atoms with Gasteiger partial charge in [-0.25, -0.2) is 24.3 Å². The maximum absolute atomic E-state index is 13.8. The fourth-order valence-electron chi connectivity index (χ4n) is 6.39. The van der Waals surface area contributed by atoms with Crippen molar-refractivity contribution in [1.29, 1.82) is 0 Å². The van der Waals surface area contributed by atoms with Crippen molar-refractivity contribution >= 4 is 23.3 Å². The van der Waals surface area contributed by atoms with Gasteiger partial charge in [0.1, 0.15) is 17.2 Å². The smallest absolute Gasteiger partial charge is 0.337 e. The standard InChI is InChI=1S/C34H37N9O4/c1-19(2)31(45)40-17-13-21(14-18-40)27-24-12-16-38-33(36)42(24)30(39-27)23-10-8-22(9-11-23)28-26(29(35)44)32(46)43(25-7-5-6-15-37-25)34(47)41(28)20(3)4/h5-12,15-16,19-21H,13-14,17-18H2,1-4H3,(H2,35,44)(H2,36,38). The van der Waals surface area contributed by atoms with Crippen molar-refractivity contribution in [2.24, 2.45) is 11.7 Å². The number of imidazole rings is 1. The van der Waals surface area contributed by atoms with Gasteiger partial charge in [0.2, 0.25) is 11.9 Å². The van der Waals surface area contributed by atoms with Crippen LogP contribution in [0.3, 0.4) is 0 Å². The first-order chi connectivity index (χ1) is 22.5. The van der Waals surface area contributed by atoms with Crippen LogP contribution >= 0.6 is 0 Å². The van der Waals surface area contributed by atoms with Gasteiger partial charge in [-0.1, -0.05) is 44.2 Å². The Balaban J connectivity index is 1.44. The van der Waals surface area contributed by atoms with E-state index in [1.165, 1.54) is 16.8 Å². The SMILES string of the molecule is CC(C)C(=O)N1CCC(c2nc(-c3ccc(-c4c(C(N)=O)c(=O)n(-c5ccccn5)c(=O)n4C(C)C)cc3)n3c(N)nccc23)CC1. The quantitative estimate of drug-likeness (QED) is 0.273. The minimum Gasteiger partial charge on any atom is -0.369 e. The maximum atomic E-state index is 13.8. The van der Waals surface area contributed by atoms with E-state index in [2.05, 4.69) is 9.97 Å². The zero-order chi connectivity index (χ0) is 33.6. The highest BCUT2D eigenvalue weighted by molar-refractivity contribution is 5.98. The number of carbonyl (C=O) groups is 2. The van der Waals surface area contributed by atoms with E-state index in [0.717, 1.165) is 28.6 Å². The molecule has 1 aliphatic heterocycles. The number of nitrogen functional groups attached to an aromatic ring is 1. The fourth-order valence-corrected chi connectivity index (χ4v) is 6.39. The number of hydrogen-bond acceptors (Lipinski definition) is 8. The molecule has 47 heavy (non-hydrogen) atoms. The number of nitrogens with two attached hydrogens (primary N) is 2. The third-order valence-corrected chi connectivity index (χ3v) is 8.65. The van der Waals surface area contributed by atoms with Crippen LogP contribution in [0.25, 0.3) is 34.0 Å². The summed E-state index contributed by atoms with van der Waals surface area (Å²) >= 11 is 0. The summed E-state index contributed by atoms with van der Waals surface area (Å²) in [4.78, 5) is 68.3. The van der Waals surface area contributed by atoms with Crippen molar-refractivity contribution in [3.05, 3.63) is 93.0 Å². The van der Waals surface area contributed by atoms with E-state index in [9.17, 15) is 19.2 Å². The maximum Gasteiger partial charge on any atom is 0.337 e. The molecule has 0 spiro atoms. The zero-order valence-corrected chi connectivity index (χ0v) is 26.8. The third kappa shape index (κ3) is 5.47. The number of pyridine rings is 1. The predicted octanol–water partition coefficient (Wildman–Crippen LogP) is 3.39. The van der Waals surface area contributed by atoms with Crippen LogP contribution in [0, 0.1) is 5.92 Å². The van der Waals surface area contributed by atoms with E-state index in [-0.39, 0.29) is 40.8 Å². The topological polar surface area (TPSA) is 176 Å². The lowest BCUT2D eigenvalue weighted by molar-refractivity contribution is -0.135. The van der Waals surface area contributed by atoms with E-state index in [4.69, 9.17) is 16.5 Å². The fraction of sp³-hybridized carbons (Fsp3) is 0.324. The number of amides is 2. The van der Waals surface area contributed by atoms with E-state index in [1.54, 1.807) is 56.4 Å². The lowest BCUT2D eigenvalue weighted by Gasteiger charge is -2.32. The summed E-state index contributed by atoms with van der Waals surface area (Å²) in [5.74, 6) is 0.214. The van der Waals surface area contributed by atoms with Crippen molar-refractivity contribution in [3.8, 4) is 28.5 Å². The monoisotopic (exact) mass is 635 g/mol. The molecule has 0 aliphatic carbocycles. The van der Waals surface area contributed by atoms with Crippen LogP contribution in [0.4, 0.5) is 5.95 Å². The van der Waals surface area contributed by atoms with Gasteiger partial charge in [-0.2, -0.15) is 0 Å². The molecule has 242 valence electrons. The van der Waals surface area contributed by atoms with Gasteiger partial charge >= 0.3 is 5.69 Å². The van der Waals surface area contributed by atoms with Gasteiger partial charge in [0.25, 0.3) is 11.5 Å². The molecule has 4 aromatic heterocycles. The summed E-state index contributed by atoms with van der Waals surface area (Å²) in [6, 6.07) is 13.3. The molecule has 13 heteroatoms. The first-order valence-electron chi connectivity index (χ1n) is 15.6. The number of piperidine rings is 1. The molecule has 6 rings (SSSR count). The lowest BCUT2D eigenvalue weighted by atomic mass is 9.92. The number of primary amides is 1. The van der Waals surface area contributed by atoms with E-state index in [1.807, 2.05) is 29.2 Å². The van der Waals surface area contributed by atoms with Gasteiger partial charge in [-0.15, -0.1) is 0 Å². The molecular formula is C34H37N9O4. The minimum absolute atomic E-state index is 0.0486. The first kappa shape index (κ1) is 31.4. The summed E-state index contributed by atoms with van der Waals surface area (Å²) in [5, 5.41) is 0. The Morgan fingerprint density at radius 2 is 1.57 bits per heavy atom. The number of nitrogens with zero attached hydrogens (tertiary/aromatic N) is 7. The van der Waals surface area contributed by atoms with Crippen molar-refractivity contribution in [1.82, 2.24) is 33.4 Å². The Morgan fingerprint density at radius 3 is 2.17 bits per heavy atom. The molecule has 5 aromatic rings. The lowest BCUT2D eigenvalue weighted by Crippen LogP contribution is -2.44. The number of aromatic nitrogens is 6. The Morgan fingerprint density at radius 1 is 0.894 bits per heavy atom. The van der Waals surface area contributed by atoms with E-state index in [0.29, 0.717) is 30.0 Å². The second kappa shape index (κ2) is 12.3. The molecule has 1 aliphatic rings. The highest BCUT2D eigenvalue weighted by Crippen LogP contribution is 2.35. The molecule has 1 aromatic carbocycles. The van der Waals surface area contributed by atoms with Crippen LogP contribution in [-0.2, 0) is 4.79 Å². The molecule has 4 N–H and O–H groups in total. The largest absolute Gasteiger partial charge is 0.369 e. The Kier molecular flexibility index (Phi) is 8.22. The number of benzene rings is 1.